The first-order valence-corrected chi connectivity index (χ1v) is 11.8. The van der Waals surface area contributed by atoms with Crippen LogP contribution in [-0.2, 0) is 6.42 Å². The third-order valence-electron chi connectivity index (χ3n) is 5.77. The fourth-order valence-corrected chi connectivity index (χ4v) is 3.88. The van der Waals surface area contributed by atoms with Crippen molar-refractivity contribution in [3.8, 4) is 17.4 Å². The predicted molar refractivity (Wildman–Crippen MR) is 140 cm³/mol. The first-order chi connectivity index (χ1) is 17.6. The summed E-state index contributed by atoms with van der Waals surface area (Å²) >= 11 is 0. The van der Waals surface area contributed by atoms with Crippen molar-refractivity contribution < 1.29 is 24.1 Å². The van der Waals surface area contributed by atoms with E-state index in [4.69, 9.17) is 14.2 Å². The van der Waals surface area contributed by atoms with Crippen molar-refractivity contribution >= 4 is 22.5 Å². The molecule has 0 radical (unpaired) electrons. The zero-order chi connectivity index (χ0) is 25.3. The van der Waals surface area contributed by atoms with Crippen LogP contribution in [0.25, 0.3) is 10.9 Å². The standard InChI is InChI=1S/C28H31N3O5/c1-34-25-12-11-19(15-26(25)35-2)13-14-29-17-21(32)18-36-27-16-22-23(30-27)9-6-10-24(22)31-28(33)20-7-4-3-5-8-20/h3-12,15-16,21,29-30,32H,13-14,17-18H2,1-2H3,(H,31,33). The first kappa shape index (κ1) is 25.1. The zero-order valence-corrected chi connectivity index (χ0v) is 20.4. The minimum atomic E-state index is -0.681. The van der Waals surface area contributed by atoms with Gasteiger partial charge in [0.25, 0.3) is 5.91 Å². The number of fused-ring (bicyclic) bond motifs is 1. The van der Waals surface area contributed by atoms with Crippen LogP contribution in [0.15, 0.2) is 72.8 Å². The Hall–Kier alpha value is -4.01. The van der Waals surface area contributed by atoms with Crippen LogP contribution < -0.4 is 24.8 Å². The maximum absolute atomic E-state index is 12.6. The molecule has 1 heterocycles. The summed E-state index contributed by atoms with van der Waals surface area (Å²) in [4.78, 5) is 15.7. The Morgan fingerprint density at radius 1 is 0.972 bits per heavy atom. The van der Waals surface area contributed by atoms with Crippen LogP contribution in [0.3, 0.4) is 0 Å². The molecule has 1 unspecified atom stereocenters. The number of carbonyl (C=O) groups is 1. The summed E-state index contributed by atoms with van der Waals surface area (Å²) in [6.07, 6.45) is 0.104. The van der Waals surface area contributed by atoms with E-state index < -0.39 is 6.10 Å². The van der Waals surface area contributed by atoms with Gasteiger partial charge in [-0.1, -0.05) is 30.3 Å². The second-order valence-corrected chi connectivity index (χ2v) is 8.33. The van der Waals surface area contributed by atoms with Crippen molar-refractivity contribution in [2.24, 2.45) is 0 Å². The lowest BCUT2D eigenvalue weighted by Gasteiger charge is -2.13. The molecule has 0 fully saturated rings. The maximum atomic E-state index is 12.6. The lowest BCUT2D eigenvalue weighted by Crippen LogP contribution is -2.32. The fourth-order valence-electron chi connectivity index (χ4n) is 3.88. The van der Waals surface area contributed by atoms with Gasteiger partial charge < -0.3 is 34.9 Å². The van der Waals surface area contributed by atoms with Crippen LogP contribution >= 0.6 is 0 Å². The van der Waals surface area contributed by atoms with Crippen LogP contribution in [0, 0.1) is 0 Å². The molecular formula is C28H31N3O5. The minimum Gasteiger partial charge on any atom is -0.493 e. The number of nitrogens with one attached hydrogen (secondary N) is 3. The van der Waals surface area contributed by atoms with Gasteiger partial charge in [-0.2, -0.15) is 0 Å². The van der Waals surface area contributed by atoms with E-state index in [-0.39, 0.29) is 12.5 Å². The summed E-state index contributed by atoms with van der Waals surface area (Å²) in [6.45, 7) is 1.22. The van der Waals surface area contributed by atoms with Gasteiger partial charge in [-0.3, -0.25) is 4.79 Å². The third-order valence-corrected chi connectivity index (χ3v) is 5.77. The molecule has 1 amide bonds. The van der Waals surface area contributed by atoms with E-state index in [0.29, 0.717) is 41.7 Å². The van der Waals surface area contributed by atoms with Crippen molar-refractivity contribution in [2.75, 3.05) is 39.2 Å². The largest absolute Gasteiger partial charge is 0.493 e. The van der Waals surface area contributed by atoms with E-state index in [2.05, 4.69) is 15.6 Å². The number of methoxy groups -OCH3 is 2. The summed E-state index contributed by atoms with van der Waals surface area (Å²) in [5.74, 6) is 1.74. The number of carbonyl (C=O) groups excluding carboxylic acids is 1. The van der Waals surface area contributed by atoms with E-state index in [0.717, 1.165) is 22.9 Å². The highest BCUT2D eigenvalue weighted by Gasteiger charge is 2.12. The van der Waals surface area contributed by atoms with Gasteiger partial charge >= 0.3 is 0 Å². The molecule has 4 N–H and O–H groups in total. The van der Waals surface area contributed by atoms with Gasteiger partial charge in [0.15, 0.2) is 17.4 Å². The van der Waals surface area contributed by atoms with Crippen LogP contribution in [0.4, 0.5) is 5.69 Å². The number of aromatic nitrogens is 1. The van der Waals surface area contributed by atoms with E-state index >= 15 is 0 Å². The lowest BCUT2D eigenvalue weighted by molar-refractivity contribution is 0.102. The predicted octanol–water partition coefficient (Wildman–Crippen LogP) is 4.01. The van der Waals surface area contributed by atoms with Gasteiger partial charge in [-0.15, -0.1) is 0 Å². The number of amides is 1. The third kappa shape index (κ3) is 6.35. The fraction of sp³-hybridized carbons (Fsp3) is 0.250. The monoisotopic (exact) mass is 489 g/mol. The molecule has 8 heteroatoms. The molecule has 4 rings (SSSR count). The molecule has 3 aromatic carbocycles. The number of hydrogen-bond acceptors (Lipinski definition) is 6. The summed E-state index contributed by atoms with van der Waals surface area (Å²) in [6, 6.07) is 22.3. The van der Waals surface area contributed by atoms with Crippen LogP contribution in [0.5, 0.6) is 17.4 Å². The van der Waals surface area contributed by atoms with Gasteiger partial charge in [-0.05, 0) is 54.9 Å². The number of aliphatic hydroxyl groups is 1. The molecule has 0 saturated carbocycles. The Kier molecular flexibility index (Phi) is 8.44. The van der Waals surface area contributed by atoms with Crippen molar-refractivity contribution in [3.05, 3.63) is 83.9 Å². The molecule has 36 heavy (non-hydrogen) atoms. The normalized spacial score (nSPS) is 11.8. The number of rotatable bonds is 12. The summed E-state index contributed by atoms with van der Waals surface area (Å²) in [7, 11) is 3.23. The van der Waals surface area contributed by atoms with E-state index in [1.165, 1.54) is 0 Å². The van der Waals surface area contributed by atoms with Crippen molar-refractivity contribution in [2.45, 2.75) is 12.5 Å². The van der Waals surface area contributed by atoms with E-state index in [1.807, 2.05) is 60.7 Å². The van der Waals surface area contributed by atoms with Crippen molar-refractivity contribution in [3.63, 3.8) is 0 Å². The number of aromatic amines is 1. The van der Waals surface area contributed by atoms with Crippen LogP contribution in [-0.4, -0.2) is 56.0 Å². The molecule has 0 spiro atoms. The molecule has 0 bridgehead atoms. The minimum absolute atomic E-state index is 0.127. The highest BCUT2D eigenvalue weighted by Crippen LogP contribution is 2.29. The van der Waals surface area contributed by atoms with Gasteiger partial charge in [0.1, 0.15) is 12.7 Å². The Balaban J connectivity index is 1.26. The van der Waals surface area contributed by atoms with Gasteiger partial charge in [0, 0.05) is 23.6 Å². The lowest BCUT2D eigenvalue weighted by atomic mass is 10.1. The molecule has 0 saturated heterocycles. The van der Waals surface area contributed by atoms with E-state index in [9.17, 15) is 9.90 Å². The van der Waals surface area contributed by atoms with Crippen molar-refractivity contribution in [1.82, 2.24) is 10.3 Å². The van der Waals surface area contributed by atoms with Gasteiger partial charge in [-0.25, -0.2) is 0 Å². The number of H-pyrrole nitrogens is 1. The second-order valence-electron chi connectivity index (χ2n) is 8.33. The summed E-state index contributed by atoms with van der Waals surface area (Å²) < 4.78 is 16.4. The average Bonchev–Trinajstić information content (AvgIpc) is 3.34. The molecular weight excluding hydrogens is 458 g/mol. The quantitative estimate of drug-likeness (QED) is 0.224. The second kappa shape index (κ2) is 12.1. The Morgan fingerprint density at radius 3 is 2.56 bits per heavy atom. The summed E-state index contributed by atoms with van der Waals surface area (Å²) in [5.41, 5.74) is 3.21. The molecule has 4 aromatic rings. The Bertz CT molecular complexity index is 1290. The number of benzene rings is 3. The zero-order valence-electron chi connectivity index (χ0n) is 20.4. The molecule has 0 aliphatic heterocycles. The highest BCUT2D eigenvalue weighted by molar-refractivity contribution is 6.09. The van der Waals surface area contributed by atoms with Gasteiger partial charge in [0.05, 0.1) is 25.4 Å². The van der Waals surface area contributed by atoms with Crippen LogP contribution in [0.1, 0.15) is 15.9 Å². The van der Waals surface area contributed by atoms with Crippen molar-refractivity contribution in [1.29, 1.82) is 0 Å². The molecule has 188 valence electrons. The molecule has 1 atom stereocenters. The number of anilines is 1. The first-order valence-electron chi connectivity index (χ1n) is 11.8. The average molecular weight is 490 g/mol. The highest BCUT2D eigenvalue weighted by atomic mass is 16.5. The number of hydrogen-bond donors (Lipinski definition) is 4. The Labute approximate surface area is 210 Å². The summed E-state index contributed by atoms with van der Waals surface area (Å²) in [5, 5.41) is 17.4. The number of aliphatic hydroxyl groups excluding tert-OH is 1. The molecule has 0 aliphatic carbocycles. The molecule has 1 aromatic heterocycles. The smallest absolute Gasteiger partial charge is 0.255 e. The Morgan fingerprint density at radius 2 is 1.78 bits per heavy atom. The number of ether oxygens (including phenoxy) is 3. The topological polar surface area (TPSA) is 105 Å². The van der Waals surface area contributed by atoms with E-state index in [1.54, 1.807) is 26.4 Å². The van der Waals surface area contributed by atoms with Crippen LogP contribution in [0.2, 0.25) is 0 Å². The maximum Gasteiger partial charge on any atom is 0.255 e. The molecule has 0 aliphatic rings. The SMILES string of the molecule is COc1ccc(CCNCC(O)COc2cc3c(NC(=O)c4ccccc4)cccc3[nH]2)cc1OC. The van der Waals surface area contributed by atoms with Gasteiger partial charge in [0.2, 0.25) is 0 Å². The molecule has 8 nitrogen and oxygen atoms in total.